The highest BCUT2D eigenvalue weighted by Gasteiger charge is 2.36. The lowest BCUT2D eigenvalue weighted by Crippen LogP contribution is -2.52. The molecule has 1 aliphatic heterocycles. The van der Waals surface area contributed by atoms with E-state index in [9.17, 15) is 9.59 Å². The number of nitrogens with one attached hydrogen (secondary N) is 3. The number of carbonyl (C=O) groups excluding carboxylic acids is 2. The van der Waals surface area contributed by atoms with Crippen molar-refractivity contribution in [3.05, 3.63) is 37.5 Å². The molecular formula is C38H77N5O2S. The summed E-state index contributed by atoms with van der Waals surface area (Å²) in [7, 11) is 0. The van der Waals surface area contributed by atoms with Crippen LogP contribution in [0.5, 0.6) is 0 Å². The first kappa shape index (κ1) is 48.3. The van der Waals surface area contributed by atoms with Crippen molar-refractivity contribution in [1.82, 2.24) is 20.9 Å². The van der Waals surface area contributed by atoms with Gasteiger partial charge >= 0.3 is 0 Å². The number of unbranched alkanes of at least 4 members (excludes halogenated alkanes) is 2. The molecule has 1 saturated heterocycles. The fourth-order valence-electron chi connectivity index (χ4n) is 5.38. The second-order valence-electron chi connectivity index (χ2n) is 13.1. The molecule has 272 valence electrons. The topological polar surface area (TPSA) is 99.5 Å². The van der Waals surface area contributed by atoms with E-state index >= 15 is 0 Å². The third-order valence-corrected chi connectivity index (χ3v) is 9.49. The molecule has 1 saturated carbocycles. The van der Waals surface area contributed by atoms with E-state index < -0.39 is 0 Å². The van der Waals surface area contributed by atoms with E-state index in [0.717, 1.165) is 24.5 Å². The first-order valence-electron chi connectivity index (χ1n) is 18.1. The van der Waals surface area contributed by atoms with Gasteiger partial charge in [0.05, 0.1) is 24.6 Å². The molecule has 2 fully saturated rings. The van der Waals surface area contributed by atoms with Gasteiger partial charge in [-0.3, -0.25) is 9.59 Å². The van der Waals surface area contributed by atoms with Crippen LogP contribution in [0, 0.1) is 11.8 Å². The fraction of sp³-hybridized carbons (Fsp3) is 0.789. The maximum atomic E-state index is 12.7. The molecule has 0 bridgehead atoms. The zero-order valence-corrected chi connectivity index (χ0v) is 33.2. The van der Waals surface area contributed by atoms with Crippen molar-refractivity contribution in [1.29, 1.82) is 0 Å². The van der Waals surface area contributed by atoms with Crippen LogP contribution in [0.4, 0.5) is 0 Å². The zero-order valence-electron chi connectivity index (χ0n) is 32.4. The van der Waals surface area contributed by atoms with Gasteiger partial charge in [0.2, 0.25) is 5.91 Å². The van der Waals surface area contributed by atoms with Crippen LogP contribution in [0.25, 0.3) is 0 Å². The molecule has 5 N–H and O–H groups in total. The Labute approximate surface area is 290 Å². The summed E-state index contributed by atoms with van der Waals surface area (Å²) in [6.07, 6.45) is 12.9. The standard InChI is InChI=1S/C23H43N3OS.C6H10N2O.C5H12.2C2H6/c1-17(2)20-11-14-26(18(20)3)21(27)15-24-19(4)25-23(12-9-8-10-13-23)16-28-22(5,6)7;1-3-8-4-6(9)5(2)7;1-3-5-4-2;2*1-2/h17-18,20,24-25H,4,8-16H2,1-3,5-7H3;3,8H,1-2,4,7H2;3-5H2,1-2H3;2*1-2H3. The first-order chi connectivity index (χ1) is 21.6. The molecule has 1 aliphatic carbocycles. The Morgan fingerprint density at radius 2 is 1.57 bits per heavy atom. The Bertz CT molecular complexity index is 829. The number of hydrogen-bond donors (Lipinski definition) is 4. The van der Waals surface area contributed by atoms with Crippen LogP contribution in [0.15, 0.2) is 37.5 Å². The molecule has 2 aliphatic rings. The number of carbonyl (C=O) groups is 2. The average Bonchev–Trinajstić information content (AvgIpc) is 3.42. The molecule has 0 radical (unpaired) electrons. The number of rotatable bonds is 14. The summed E-state index contributed by atoms with van der Waals surface area (Å²) in [5.41, 5.74) is 5.24. The quantitative estimate of drug-likeness (QED) is 0.137. The molecule has 8 heteroatoms. The van der Waals surface area contributed by atoms with E-state index in [2.05, 4.69) is 96.0 Å². The number of nitrogens with two attached hydrogens (primary N) is 1. The minimum Gasteiger partial charge on any atom is -0.396 e. The van der Waals surface area contributed by atoms with Gasteiger partial charge in [-0.15, -0.1) is 0 Å². The van der Waals surface area contributed by atoms with Gasteiger partial charge in [0.1, 0.15) is 0 Å². The smallest absolute Gasteiger partial charge is 0.242 e. The molecule has 0 aromatic carbocycles. The van der Waals surface area contributed by atoms with Crippen molar-refractivity contribution in [3.8, 4) is 0 Å². The molecule has 1 heterocycles. The maximum Gasteiger partial charge on any atom is 0.242 e. The number of ketones is 1. The summed E-state index contributed by atoms with van der Waals surface area (Å²) in [5, 5.41) is 9.58. The molecule has 7 nitrogen and oxygen atoms in total. The van der Waals surface area contributed by atoms with E-state index in [-0.39, 0.29) is 34.2 Å². The predicted octanol–water partition coefficient (Wildman–Crippen LogP) is 8.77. The van der Waals surface area contributed by atoms with Gasteiger partial charge in [0.15, 0.2) is 5.78 Å². The lowest BCUT2D eigenvalue weighted by molar-refractivity contribution is -0.131. The van der Waals surface area contributed by atoms with Gasteiger partial charge in [-0.05, 0) is 44.2 Å². The van der Waals surface area contributed by atoms with Gasteiger partial charge in [-0.1, -0.05) is 134 Å². The highest BCUT2D eigenvalue weighted by atomic mass is 32.2. The van der Waals surface area contributed by atoms with Gasteiger partial charge in [0.25, 0.3) is 0 Å². The number of nitrogens with zero attached hydrogens (tertiary/aromatic N) is 1. The molecular weight excluding hydrogens is 591 g/mol. The van der Waals surface area contributed by atoms with Crippen LogP contribution in [0.3, 0.4) is 0 Å². The second-order valence-corrected chi connectivity index (χ2v) is 14.9. The Hall–Kier alpha value is -2.09. The maximum absolute atomic E-state index is 12.7. The normalized spacial score (nSPS) is 18.0. The predicted molar refractivity (Wildman–Crippen MR) is 207 cm³/mol. The van der Waals surface area contributed by atoms with Gasteiger partial charge in [0, 0.05) is 28.6 Å². The summed E-state index contributed by atoms with van der Waals surface area (Å²) in [5.74, 6) is 3.13. The van der Waals surface area contributed by atoms with Crippen molar-refractivity contribution in [2.45, 2.75) is 157 Å². The van der Waals surface area contributed by atoms with Crippen LogP contribution in [-0.4, -0.2) is 58.3 Å². The van der Waals surface area contributed by atoms with Crippen molar-refractivity contribution in [3.63, 3.8) is 0 Å². The van der Waals surface area contributed by atoms with Gasteiger partial charge in [-0.25, -0.2) is 0 Å². The molecule has 0 spiro atoms. The molecule has 2 unspecified atom stereocenters. The van der Waals surface area contributed by atoms with E-state index in [1.165, 1.54) is 57.6 Å². The summed E-state index contributed by atoms with van der Waals surface area (Å²) in [6, 6.07) is 0.336. The number of hydrogen-bond acceptors (Lipinski definition) is 7. The number of amides is 1. The zero-order chi connectivity index (χ0) is 36.3. The largest absolute Gasteiger partial charge is 0.396 e. The average molecular weight is 668 g/mol. The Morgan fingerprint density at radius 1 is 1.02 bits per heavy atom. The highest BCUT2D eigenvalue weighted by molar-refractivity contribution is 8.00. The number of likely N-dealkylation sites (tertiary alicyclic amines) is 1. The molecule has 2 atom stereocenters. The van der Waals surface area contributed by atoms with Crippen LogP contribution < -0.4 is 21.7 Å². The number of thioether (sulfide) groups is 1. The Morgan fingerprint density at radius 3 is 1.96 bits per heavy atom. The van der Waals surface area contributed by atoms with E-state index in [1.54, 1.807) is 0 Å². The summed E-state index contributed by atoms with van der Waals surface area (Å²) < 4.78 is 0.260. The van der Waals surface area contributed by atoms with Gasteiger partial charge < -0.3 is 26.6 Å². The number of Topliss-reactive ketones (excluding diaryl/α,β-unsaturated/α-hetero) is 1. The van der Waals surface area contributed by atoms with Crippen molar-refractivity contribution in [2.75, 3.05) is 25.4 Å². The van der Waals surface area contributed by atoms with Crippen LogP contribution >= 0.6 is 11.8 Å². The minimum atomic E-state index is -0.199. The third kappa shape index (κ3) is 22.4. The molecule has 46 heavy (non-hydrogen) atoms. The lowest BCUT2D eigenvalue weighted by atomic mass is 9.83. The van der Waals surface area contributed by atoms with E-state index in [0.29, 0.717) is 24.4 Å². The Balaban J connectivity index is -0.000000847. The summed E-state index contributed by atoms with van der Waals surface area (Å²) in [4.78, 5) is 25.4. The van der Waals surface area contributed by atoms with Crippen molar-refractivity contribution < 1.29 is 9.59 Å². The lowest BCUT2D eigenvalue weighted by Gasteiger charge is -2.41. The van der Waals surface area contributed by atoms with Crippen LogP contribution in [-0.2, 0) is 9.59 Å². The highest BCUT2D eigenvalue weighted by Crippen LogP contribution is 2.36. The van der Waals surface area contributed by atoms with E-state index in [1.807, 2.05) is 39.5 Å². The Kier molecular flexibility index (Phi) is 29.4. The summed E-state index contributed by atoms with van der Waals surface area (Å²) >= 11 is 2.02. The monoisotopic (exact) mass is 668 g/mol. The molecule has 0 aromatic rings. The van der Waals surface area contributed by atoms with Crippen molar-refractivity contribution in [2.24, 2.45) is 17.6 Å². The molecule has 1 amide bonds. The molecule has 2 rings (SSSR count). The van der Waals surface area contributed by atoms with Crippen molar-refractivity contribution >= 4 is 23.5 Å². The third-order valence-electron chi connectivity index (χ3n) is 7.92. The SMILES string of the molecule is C=C(NCC(=O)N1CCC(C(C)C)C1C)NC1(CSC(C)(C)C)CCCCC1.C=CNCC(=O)C(=C)N.CC.CC.CCCCC. The minimum absolute atomic E-state index is 0.0735. The van der Waals surface area contributed by atoms with Gasteiger partial charge in [-0.2, -0.15) is 11.8 Å². The molecule has 0 aromatic heterocycles. The van der Waals surface area contributed by atoms with Crippen LogP contribution in [0.1, 0.15) is 141 Å². The first-order valence-corrected chi connectivity index (χ1v) is 19.1. The fourth-order valence-corrected chi connectivity index (χ4v) is 6.45. The van der Waals surface area contributed by atoms with E-state index in [4.69, 9.17) is 5.73 Å². The second kappa shape index (κ2) is 28.0. The van der Waals surface area contributed by atoms with Crippen LogP contribution in [0.2, 0.25) is 0 Å². The summed E-state index contributed by atoms with van der Waals surface area (Å²) in [6.45, 7) is 38.2.